The summed E-state index contributed by atoms with van der Waals surface area (Å²) >= 11 is 2.96. The van der Waals surface area contributed by atoms with Gasteiger partial charge in [0.1, 0.15) is 5.69 Å². The third kappa shape index (κ3) is 2.70. The number of primary sulfonamides is 1. The van der Waals surface area contributed by atoms with E-state index in [0.717, 1.165) is 6.07 Å². The molecule has 0 aliphatic carbocycles. The molecule has 4 nitrogen and oxygen atoms in total. The predicted octanol–water partition coefficient (Wildman–Crippen LogP) is 1.74. The van der Waals surface area contributed by atoms with E-state index in [-0.39, 0.29) is 10.0 Å². The molecule has 1 aromatic heterocycles. The van der Waals surface area contributed by atoms with Crippen molar-refractivity contribution in [1.82, 2.24) is 4.98 Å². The smallest absolute Gasteiger partial charge is 0.234 e. The lowest BCUT2D eigenvalue weighted by Crippen LogP contribution is -2.15. The van der Waals surface area contributed by atoms with Crippen molar-refractivity contribution in [3.63, 3.8) is 0 Å². The highest BCUT2D eigenvalue weighted by Crippen LogP contribution is 2.27. The van der Waals surface area contributed by atoms with Crippen LogP contribution in [0.25, 0.3) is 0 Å². The van der Waals surface area contributed by atoms with E-state index >= 15 is 0 Å². The number of hydrogen-bond acceptors (Lipinski definition) is 3. The van der Waals surface area contributed by atoms with Gasteiger partial charge < -0.3 is 0 Å². The summed E-state index contributed by atoms with van der Waals surface area (Å²) in [6.07, 6.45) is -2.84. The zero-order valence-corrected chi connectivity index (χ0v) is 9.94. The maximum absolute atomic E-state index is 12.5. The van der Waals surface area contributed by atoms with Crippen LogP contribution in [-0.4, -0.2) is 13.4 Å². The van der Waals surface area contributed by atoms with Crippen molar-refractivity contribution in [2.24, 2.45) is 5.14 Å². The molecule has 1 heterocycles. The number of nitrogens with zero attached hydrogens (tertiary/aromatic N) is 1. The molecule has 84 valence electrons. The Labute approximate surface area is 93.7 Å². The number of aromatic nitrogens is 1. The van der Waals surface area contributed by atoms with Crippen molar-refractivity contribution in [3.8, 4) is 0 Å². The largest absolute Gasteiger partial charge is 0.280 e. The van der Waals surface area contributed by atoms with E-state index in [1.165, 1.54) is 6.92 Å². The zero-order chi connectivity index (χ0) is 11.8. The first-order valence-corrected chi connectivity index (χ1v) is 6.05. The molecule has 1 rings (SSSR count). The summed E-state index contributed by atoms with van der Waals surface area (Å²) in [5.41, 5.74) is -0.397. The van der Waals surface area contributed by atoms with Crippen LogP contribution in [0.4, 0.5) is 8.78 Å². The number of sulfonamides is 1. The normalized spacial score (nSPS) is 12.1. The lowest BCUT2D eigenvalue weighted by atomic mass is 10.2. The number of nitrogens with two attached hydrogens (primary N) is 1. The summed E-state index contributed by atoms with van der Waals surface area (Å²) < 4.78 is 47.0. The first-order chi connectivity index (χ1) is 6.73. The Bertz CT molecular complexity index is 490. The molecule has 0 bridgehead atoms. The van der Waals surface area contributed by atoms with Crippen molar-refractivity contribution in [2.75, 3.05) is 0 Å². The first kappa shape index (κ1) is 12.5. The predicted molar refractivity (Wildman–Crippen MR) is 53.0 cm³/mol. The quantitative estimate of drug-likeness (QED) is 0.904. The van der Waals surface area contributed by atoms with E-state index in [2.05, 4.69) is 20.9 Å². The molecule has 0 unspecified atom stereocenters. The summed E-state index contributed by atoms with van der Waals surface area (Å²) in [7, 11) is -4.07. The second kappa shape index (κ2) is 4.11. The molecular weight excluding hydrogens is 294 g/mol. The van der Waals surface area contributed by atoms with Crippen molar-refractivity contribution < 1.29 is 17.2 Å². The molecule has 0 saturated heterocycles. The van der Waals surface area contributed by atoms with Crippen LogP contribution in [0.3, 0.4) is 0 Å². The van der Waals surface area contributed by atoms with Crippen LogP contribution in [0.5, 0.6) is 0 Å². The molecule has 8 heteroatoms. The Kier molecular flexibility index (Phi) is 3.41. The molecule has 0 aromatic carbocycles. The molecule has 2 N–H and O–H groups in total. The topological polar surface area (TPSA) is 73.1 Å². The third-order valence-corrected chi connectivity index (χ3v) is 3.34. The van der Waals surface area contributed by atoms with Crippen molar-refractivity contribution in [1.29, 1.82) is 0 Å². The van der Waals surface area contributed by atoms with Gasteiger partial charge in [-0.2, -0.15) is 0 Å². The Morgan fingerprint density at radius 2 is 2.07 bits per heavy atom. The van der Waals surface area contributed by atoms with E-state index in [9.17, 15) is 17.2 Å². The van der Waals surface area contributed by atoms with Gasteiger partial charge in [-0.15, -0.1) is 0 Å². The zero-order valence-electron chi connectivity index (χ0n) is 7.54. The highest BCUT2D eigenvalue weighted by Gasteiger charge is 2.20. The van der Waals surface area contributed by atoms with E-state index in [4.69, 9.17) is 5.14 Å². The van der Waals surface area contributed by atoms with Gasteiger partial charge in [0.25, 0.3) is 16.4 Å². The highest BCUT2D eigenvalue weighted by atomic mass is 79.9. The van der Waals surface area contributed by atoms with Crippen LogP contribution in [0.1, 0.15) is 17.7 Å². The molecule has 0 aliphatic rings. The van der Waals surface area contributed by atoms with Gasteiger partial charge in [0.05, 0.1) is 0 Å². The van der Waals surface area contributed by atoms with Crippen molar-refractivity contribution in [2.45, 2.75) is 18.4 Å². The lowest BCUT2D eigenvalue weighted by molar-refractivity contribution is 0.144. The van der Waals surface area contributed by atoms with Gasteiger partial charge in [-0.05, 0) is 18.6 Å². The number of halogens is 3. The fraction of sp³-hybridized carbons (Fsp3) is 0.286. The SMILES string of the molecule is Cc1c(Br)cc(S(N)(=O)=O)nc1C(F)F. The summed E-state index contributed by atoms with van der Waals surface area (Å²) in [6, 6.07) is 1.09. The van der Waals surface area contributed by atoms with E-state index < -0.39 is 27.2 Å². The third-order valence-electron chi connectivity index (χ3n) is 1.72. The van der Waals surface area contributed by atoms with Crippen molar-refractivity contribution in [3.05, 3.63) is 21.8 Å². The minimum atomic E-state index is -4.07. The molecule has 0 aliphatic heterocycles. The molecule has 15 heavy (non-hydrogen) atoms. The number of hydrogen-bond donors (Lipinski definition) is 1. The monoisotopic (exact) mass is 300 g/mol. The van der Waals surface area contributed by atoms with Crippen LogP contribution < -0.4 is 5.14 Å². The van der Waals surface area contributed by atoms with Crippen LogP contribution >= 0.6 is 15.9 Å². The summed E-state index contributed by atoms with van der Waals surface area (Å²) in [4.78, 5) is 3.31. The molecular formula is C7H7BrF2N2O2S. The summed E-state index contributed by atoms with van der Waals surface area (Å²) in [5.74, 6) is 0. The van der Waals surface area contributed by atoms with Crippen LogP contribution in [-0.2, 0) is 10.0 Å². The second-order valence-corrected chi connectivity index (χ2v) is 5.16. The van der Waals surface area contributed by atoms with Gasteiger partial charge in [-0.3, -0.25) is 0 Å². The van der Waals surface area contributed by atoms with E-state index in [0.29, 0.717) is 0 Å². The average Bonchev–Trinajstić information content (AvgIpc) is 2.06. The average molecular weight is 301 g/mol. The van der Waals surface area contributed by atoms with Crippen molar-refractivity contribution >= 4 is 26.0 Å². The minimum Gasteiger partial charge on any atom is -0.234 e. The molecule has 0 amide bonds. The summed E-state index contributed by atoms with van der Waals surface area (Å²) in [5, 5.41) is 4.21. The molecule has 0 saturated carbocycles. The molecule has 0 radical (unpaired) electrons. The van der Waals surface area contributed by atoms with Crippen LogP contribution in [0, 0.1) is 6.92 Å². The highest BCUT2D eigenvalue weighted by molar-refractivity contribution is 9.10. The van der Waals surface area contributed by atoms with Gasteiger partial charge in [0.2, 0.25) is 0 Å². The maximum Gasteiger partial charge on any atom is 0.280 e. The maximum atomic E-state index is 12.5. The van der Waals surface area contributed by atoms with E-state index in [1.54, 1.807) is 0 Å². The Morgan fingerprint density at radius 1 is 1.53 bits per heavy atom. The Hall–Kier alpha value is -0.600. The molecule has 0 fully saturated rings. The molecule has 0 spiro atoms. The van der Waals surface area contributed by atoms with Gasteiger partial charge in [0.15, 0.2) is 5.03 Å². The second-order valence-electron chi connectivity index (χ2n) is 2.80. The summed E-state index contributed by atoms with van der Waals surface area (Å²) in [6.45, 7) is 1.41. The van der Waals surface area contributed by atoms with Crippen LogP contribution in [0.15, 0.2) is 15.6 Å². The minimum absolute atomic E-state index is 0.192. The standard InChI is InChI=1S/C7H7BrF2N2O2S/c1-3-4(8)2-5(15(11,13)14)12-6(3)7(9)10/h2,7H,1H3,(H2,11,13,14). The Balaban J connectivity index is 3.50. The fourth-order valence-corrected chi connectivity index (χ4v) is 2.01. The molecule has 1 aromatic rings. The number of alkyl halides is 2. The number of rotatable bonds is 2. The van der Waals surface area contributed by atoms with Crippen LogP contribution in [0.2, 0.25) is 0 Å². The fourth-order valence-electron chi connectivity index (χ4n) is 0.932. The lowest BCUT2D eigenvalue weighted by Gasteiger charge is -2.07. The van der Waals surface area contributed by atoms with Gasteiger partial charge in [0, 0.05) is 4.47 Å². The van der Waals surface area contributed by atoms with Gasteiger partial charge in [-0.25, -0.2) is 27.3 Å². The molecule has 0 atom stereocenters. The number of pyridine rings is 1. The van der Waals surface area contributed by atoms with Gasteiger partial charge >= 0.3 is 0 Å². The van der Waals surface area contributed by atoms with Gasteiger partial charge in [-0.1, -0.05) is 15.9 Å². The Morgan fingerprint density at radius 3 is 2.47 bits per heavy atom. The van der Waals surface area contributed by atoms with E-state index in [1.807, 2.05) is 0 Å². The first-order valence-electron chi connectivity index (χ1n) is 3.71.